The molecule has 60 valence electrons. The first-order valence-corrected chi connectivity index (χ1v) is 3.78. The zero-order valence-electron chi connectivity index (χ0n) is 6.47. The van der Waals surface area contributed by atoms with Crippen LogP contribution >= 0.6 is 0 Å². The highest BCUT2D eigenvalue weighted by atomic mass is 16.5. The molecule has 3 nitrogen and oxygen atoms in total. The van der Waals surface area contributed by atoms with E-state index >= 15 is 0 Å². The summed E-state index contributed by atoms with van der Waals surface area (Å²) in [6.07, 6.45) is 0.987. The summed E-state index contributed by atoms with van der Waals surface area (Å²) in [4.78, 5) is 0. The third-order valence-corrected chi connectivity index (χ3v) is 2.41. The lowest BCUT2D eigenvalue weighted by atomic mass is 9.78. The lowest BCUT2D eigenvalue weighted by Crippen LogP contribution is -2.59. The van der Waals surface area contributed by atoms with Gasteiger partial charge in [0.05, 0.1) is 13.2 Å². The topological polar surface area (TPSA) is 61.3 Å². The van der Waals surface area contributed by atoms with Crippen LogP contribution in [0.2, 0.25) is 0 Å². The van der Waals surface area contributed by atoms with Gasteiger partial charge in [-0.3, -0.25) is 0 Å². The minimum absolute atomic E-state index is 0.106. The van der Waals surface area contributed by atoms with Crippen molar-refractivity contribution in [3.05, 3.63) is 0 Å². The van der Waals surface area contributed by atoms with Gasteiger partial charge in [-0.25, -0.2) is 0 Å². The Hall–Kier alpha value is -0.120. The number of hydrogen-bond acceptors (Lipinski definition) is 3. The van der Waals surface area contributed by atoms with Crippen LogP contribution in [0, 0.1) is 5.41 Å². The van der Waals surface area contributed by atoms with Gasteiger partial charge < -0.3 is 16.2 Å². The Morgan fingerprint density at radius 2 is 2.20 bits per heavy atom. The van der Waals surface area contributed by atoms with Crippen molar-refractivity contribution in [3.63, 3.8) is 0 Å². The summed E-state index contributed by atoms with van der Waals surface area (Å²) >= 11 is 0. The van der Waals surface area contributed by atoms with Gasteiger partial charge in [0.1, 0.15) is 0 Å². The van der Waals surface area contributed by atoms with Crippen LogP contribution in [-0.2, 0) is 4.74 Å². The largest absolute Gasteiger partial charge is 0.380 e. The third kappa shape index (κ3) is 1.05. The van der Waals surface area contributed by atoms with Crippen LogP contribution in [0.3, 0.4) is 0 Å². The van der Waals surface area contributed by atoms with Gasteiger partial charge in [0.25, 0.3) is 0 Å². The molecule has 0 amide bonds. The first-order chi connectivity index (χ1) is 4.75. The molecule has 1 rings (SSSR count). The van der Waals surface area contributed by atoms with E-state index in [2.05, 4.69) is 6.92 Å². The van der Waals surface area contributed by atoms with E-state index in [0.717, 1.165) is 19.6 Å². The Morgan fingerprint density at radius 1 is 1.60 bits per heavy atom. The van der Waals surface area contributed by atoms with E-state index in [1.165, 1.54) is 0 Å². The van der Waals surface area contributed by atoms with Gasteiger partial charge in [-0.15, -0.1) is 0 Å². The normalized spacial score (nSPS) is 25.5. The van der Waals surface area contributed by atoms with Gasteiger partial charge in [0.15, 0.2) is 0 Å². The summed E-state index contributed by atoms with van der Waals surface area (Å²) in [7, 11) is 0. The predicted molar refractivity (Wildman–Crippen MR) is 40.6 cm³/mol. The average molecular weight is 144 g/mol. The number of rotatable bonds is 3. The molecule has 1 unspecified atom stereocenters. The van der Waals surface area contributed by atoms with Crippen molar-refractivity contribution in [2.24, 2.45) is 16.9 Å². The molecule has 4 N–H and O–H groups in total. The zero-order valence-corrected chi connectivity index (χ0v) is 6.47. The molecule has 0 aromatic carbocycles. The lowest BCUT2D eigenvalue weighted by Gasteiger charge is -2.44. The molecular formula is C7H16N2O. The van der Waals surface area contributed by atoms with Crippen LogP contribution in [0.25, 0.3) is 0 Å². The highest BCUT2D eigenvalue weighted by Crippen LogP contribution is 2.30. The lowest BCUT2D eigenvalue weighted by molar-refractivity contribution is -0.120. The maximum atomic E-state index is 5.86. The first-order valence-electron chi connectivity index (χ1n) is 3.78. The van der Waals surface area contributed by atoms with E-state index in [9.17, 15) is 0 Å². The molecule has 0 bridgehead atoms. The van der Waals surface area contributed by atoms with Gasteiger partial charge in [-0.1, -0.05) is 6.92 Å². The Morgan fingerprint density at radius 3 is 2.30 bits per heavy atom. The molecule has 1 atom stereocenters. The molecule has 0 spiro atoms. The van der Waals surface area contributed by atoms with E-state index < -0.39 is 0 Å². The average Bonchev–Trinajstić information content (AvgIpc) is 1.86. The third-order valence-electron chi connectivity index (χ3n) is 2.41. The van der Waals surface area contributed by atoms with Crippen LogP contribution in [0.5, 0.6) is 0 Å². The number of hydrogen-bond donors (Lipinski definition) is 2. The van der Waals surface area contributed by atoms with Crippen molar-refractivity contribution in [1.29, 1.82) is 0 Å². The summed E-state index contributed by atoms with van der Waals surface area (Å²) in [5, 5.41) is 0. The van der Waals surface area contributed by atoms with Gasteiger partial charge >= 0.3 is 0 Å². The van der Waals surface area contributed by atoms with Crippen LogP contribution in [-0.4, -0.2) is 25.8 Å². The van der Waals surface area contributed by atoms with Gasteiger partial charge in [0.2, 0.25) is 0 Å². The molecule has 0 aliphatic carbocycles. The molecule has 1 aliphatic rings. The minimum atomic E-state index is 0.106. The molecule has 10 heavy (non-hydrogen) atoms. The monoisotopic (exact) mass is 144 g/mol. The van der Waals surface area contributed by atoms with Gasteiger partial charge in [-0.2, -0.15) is 0 Å². The highest BCUT2D eigenvalue weighted by Gasteiger charge is 2.41. The van der Waals surface area contributed by atoms with Crippen molar-refractivity contribution >= 4 is 0 Å². The van der Waals surface area contributed by atoms with Crippen molar-refractivity contribution < 1.29 is 4.74 Å². The fraction of sp³-hybridized carbons (Fsp3) is 1.00. The second kappa shape index (κ2) is 2.86. The highest BCUT2D eigenvalue weighted by molar-refractivity contribution is 4.94. The van der Waals surface area contributed by atoms with Gasteiger partial charge in [-0.05, 0) is 6.42 Å². The second-order valence-corrected chi connectivity index (χ2v) is 3.07. The van der Waals surface area contributed by atoms with E-state index in [4.69, 9.17) is 16.2 Å². The summed E-state index contributed by atoms with van der Waals surface area (Å²) in [5.41, 5.74) is 11.6. The summed E-state index contributed by atoms with van der Waals surface area (Å²) in [6, 6.07) is 0.214. The standard InChI is InChI=1S/C7H16N2O/c1-2-6(9)7(3-8)4-10-5-7/h6H,2-5,8-9H2,1H3. The molecule has 1 aliphatic heterocycles. The fourth-order valence-corrected chi connectivity index (χ4v) is 1.28. The van der Waals surface area contributed by atoms with Gasteiger partial charge in [0, 0.05) is 18.0 Å². The molecule has 1 heterocycles. The Kier molecular flexibility index (Phi) is 2.28. The van der Waals surface area contributed by atoms with Crippen molar-refractivity contribution in [2.45, 2.75) is 19.4 Å². The van der Waals surface area contributed by atoms with Crippen molar-refractivity contribution in [3.8, 4) is 0 Å². The van der Waals surface area contributed by atoms with Crippen LogP contribution in [0.1, 0.15) is 13.3 Å². The van der Waals surface area contributed by atoms with E-state index in [1.54, 1.807) is 0 Å². The summed E-state index contributed by atoms with van der Waals surface area (Å²) in [5.74, 6) is 0. The minimum Gasteiger partial charge on any atom is -0.380 e. The van der Waals surface area contributed by atoms with E-state index in [-0.39, 0.29) is 11.5 Å². The molecule has 0 radical (unpaired) electrons. The van der Waals surface area contributed by atoms with Crippen molar-refractivity contribution in [2.75, 3.05) is 19.8 Å². The van der Waals surface area contributed by atoms with Crippen LogP contribution in [0.15, 0.2) is 0 Å². The number of nitrogens with two attached hydrogens (primary N) is 2. The molecule has 0 aromatic rings. The molecular weight excluding hydrogens is 128 g/mol. The summed E-state index contributed by atoms with van der Waals surface area (Å²) in [6.45, 7) is 4.24. The first kappa shape index (κ1) is 7.98. The smallest absolute Gasteiger partial charge is 0.0572 e. The molecule has 1 fully saturated rings. The molecule has 0 aromatic heterocycles. The molecule has 3 heteroatoms. The van der Waals surface area contributed by atoms with Crippen LogP contribution < -0.4 is 11.5 Å². The quantitative estimate of drug-likeness (QED) is 0.571. The molecule has 0 saturated carbocycles. The Labute approximate surface area is 61.7 Å². The van der Waals surface area contributed by atoms with Crippen molar-refractivity contribution in [1.82, 2.24) is 0 Å². The fourth-order valence-electron chi connectivity index (χ4n) is 1.28. The molecule has 1 saturated heterocycles. The number of ether oxygens (including phenoxy) is 1. The predicted octanol–water partition coefficient (Wildman–Crippen LogP) is -0.301. The zero-order chi connectivity index (χ0) is 7.61. The van der Waals surface area contributed by atoms with E-state index in [1.807, 2.05) is 0 Å². The Balaban J connectivity index is 2.46. The van der Waals surface area contributed by atoms with E-state index in [0.29, 0.717) is 6.54 Å². The Bertz CT molecular complexity index is 107. The maximum Gasteiger partial charge on any atom is 0.0572 e. The maximum absolute atomic E-state index is 5.86. The second-order valence-electron chi connectivity index (χ2n) is 3.07. The van der Waals surface area contributed by atoms with Crippen LogP contribution in [0.4, 0.5) is 0 Å². The SMILES string of the molecule is CCC(N)C1(CN)COC1. The summed E-state index contributed by atoms with van der Waals surface area (Å²) < 4.78 is 5.09.